The van der Waals surface area contributed by atoms with Crippen molar-refractivity contribution in [1.82, 2.24) is 4.98 Å². The second-order valence-electron chi connectivity index (χ2n) is 3.78. The Kier molecular flexibility index (Phi) is 2.84. The van der Waals surface area contributed by atoms with Crippen LogP contribution < -0.4 is 10.2 Å². The van der Waals surface area contributed by atoms with Crippen LogP contribution in [-0.4, -0.2) is 12.1 Å². The summed E-state index contributed by atoms with van der Waals surface area (Å²) in [5.41, 5.74) is 1.82. The van der Waals surface area contributed by atoms with E-state index in [1.165, 1.54) is 0 Å². The molecule has 0 saturated carbocycles. The van der Waals surface area contributed by atoms with Gasteiger partial charge in [-0.2, -0.15) is 5.26 Å². The highest BCUT2D eigenvalue weighted by Gasteiger charge is 2.11. The molecule has 1 heterocycles. The van der Waals surface area contributed by atoms with Crippen molar-refractivity contribution in [2.24, 2.45) is 0 Å². The molecule has 17 heavy (non-hydrogen) atoms. The number of aromatic nitrogens is 1. The number of nitrogens with zero attached hydrogens (tertiary/aromatic N) is 1. The van der Waals surface area contributed by atoms with Gasteiger partial charge < -0.3 is 9.72 Å². The number of pyridine rings is 1. The van der Waals surface area contributed by atoms with Crippen LogP contribution in [0.15, 0.2) is 23.0 Å². The summed E-state index contributed by atoms with van der Waals surface area (Å²) < 4.78 is 5.20. The van der Waals surface area contributed by atoms with Crippen LogP contribution in [0.1, 0.15) is 11.3 Å². The first-order chi connectivity index (χ1) is 8.19. The first-order valence-electron chi connectivity index (χ1n) is 5.24. The van der Waals surface area contributed by atoms with Crippen molar-refractivity contribution < 1.29 is 4.74 Å². The molecule has 0 unspecified atom stereocenters. The number of para-hydroxylation sites is 1. The third-order valence-electron chi connectivity index (χ3n) is 2.79. The fourth-order valence-corrected chi connectivity index (χ4v) is 1.91. The lowest BCUT2D eigenvalue weighted by molar-refractivity contribution is 0.419. The maximum absolute atomic E-state index is 12.2. The number of aryl methyl sites for hydroxylation is 1. The number of nitrogens with one attached hydrogen (secondary N) is 1. The van der Waals surface area contributed by atoms with Crippen LogP contribution >= 0.6 is 0 Å². The smallest absolute Gasteiger partial charge is 0.194 e. The third-order valence-corrected chi connectivity index (χ3v) is 2.79. The van der Waals surface area contributed by atoms with E-state index in [4.69, 9.17) is 10.00 Å². The number of hydrogen-bond donors (Lipinski definition) is 1. The van der Waals surface area contributed by atoms with Crippen LogP contribution in [-0.2, 0) is 6.42 Å². The molecule has 4 nitrogen and oxygen atoms in total. The van der Waals surface area contributed by atoms with Gasteiger partial charge in [0.25, 0.3) is 0 Å². The van der Waals surface area contributed by atoms with Crippen LogP contribution in [0.3, 0.4) is 0 Å². The number of rotatable bonds is 2. The molecule has 86 valence electrons. The first-order valence-corrected chi connectivity index (χ1v) is 5.24. The van der Waals surface area contributed by atoms with Gasteiger partial charge in [0.2, 0.25) is 0 Å². The number of benzene rings is 1. The number of methoxy groups -OCH3 is 1. The van der Waals surface area contributed by atoms with Crippen LogP contribution in [0.4, 0.5) is 0 Å². The Hall–Kier alpha value is -2.28. The average molecular weight is 228 g/mol. The van der Waals surface area contributed by atoms with Crippen LogP contribution in [0.5, 0.6) is 5.75 Å². The summed E-state index contributed by atoms with van der Waals surface area (Å²) in [6.45, 7) is 1.79. The average Bonchev–Trinajstić information content (AvgIpc) is 2.34. The molecule has 0 aliphatic carbocycles. The van der Waals surface area contributed by atoms with Crippen molar-refractivity contribution in [3.05, 3.63) is 39.7 Å². The molecule has 2 rings (SSSR count). The Morgan fingerprint density at radius 2 is 2.24 bits per heavy atom. The van der Waals surface area contributed by atoms with E-state index in [0.29, 0.717) is 27.9 Å². The minimum Gasteiger partial charge on any atom is -0.495 e. The summed E-state index contributed by atoms with van der Waals surface area (Å²) in [7, 11) is 1.56. The zero-order valence-electron chi connectivity index (χ0n) is 9.70. The molecule has 0 aliphatic heterocycles. The van der Waals surface area contributed by atoms with Gasteiger partial charge in [-0.05, 0) is 19.1 Å². The van der Waals surface area contributed by atoms with E-state index in [-0.39, 0.29) is 11.8 Å². The minimum absolute atomic E-state index is 0.100. The Bertz CT molecular complexity index is 665. The van der Waals surface area contributed by atoms with Crippen molar-refractivity contribution in [1.29, 1.82) is 5.26 Å². The molecule has 1 aromatic heterocycles. The van der Waals surface area contributed by atoms with Crippen molar-refractivity contribution in [2.45, 2.75) is 13.3 Å². The molecule has 2 aromatic rings. The number of aromatic amines is 1. The monoisotopic (exact) mass is 228 g/mol. The highest BCUT2D eigenvalue weighted by atomic mass is 16.5. The van der Waals surface area contributed by atoms with E-state index >= 15 is 0 Å². The molecule has 1 aromatic carbocycles. The first kappa shape index (κ1) is 11.2. The Morgan fingerprint density at radius 1 is 1.47 bits per heavy atom. The number of nitriles is 1. The molecule has 0 amide bonds. The predicted octanol–water partition coefficient (Wildman–Crippen LogP) is 1.91. The number of ether oxygens (including phenoxy) is 1. The fraction of sp³-hybridized carbons (Fsp3) is 0.231. The van der Waals surface area contributed by atoms with Crippen LogP contribution in [0.2, 0.25) is 0 Å². The SMILES string of the molecule is COc1cccc2c(=O)c(CC#N)c(C)[nH]c12. The third kappa shape index (κ3) is 1.76. The lowest BCUT2D eigenvalue weighted by Crippen LogP contribution is -2.13. The summed E-state index contributed by atoms with van der Waals surface area (Å²) in [4.78, 5) is 15.3. The van der Waals surface area contributed by atoms with Gasteiger partial charge in [0.05, 0.1) is 25.1 Å². The molecule has 0 radical (unpaired) electrons. The van der Waals surface area contributed by atoms with E-state index in [1.807, 2.05) is 6.07 Å². The zero-order chi connectivity index (χ0) is 12.4. The predicted molar refractivity (Wildman–Crippen MR) is 65.2 cm³/mol. The Morgan fingerprint density at radius 3 is 2.88 bits per heavy atom. The van der Waals surface area contributed by atoms with E-state index in [9.17, 15) is 4.79 Å². The van der Waals surface area contributed by atoms with E-state index in [1.54, 1.807) is 32.2 Å². The van der Waals surface area contributed by atoms with Crippen molar-refractivity contribution >= 4 is 10.9 Å². The summed E-state index contributed by atoms with van der Waals surface area (Å²) in [6, 6.07) is 7.30. The quantitative estimate of drug-likeness (QED) is 0.853. The molecular formula is C13H12N2O2. The Labute approximate surface area is 98.5 Å². The minimum atomic E-state index is -0.100. The van der Waals surface area contributed by atoms with Gasteiger partial charge in [0, 0.05) is 16.6 Å². The van der Waals surface area contributed by atoms with Crippen molar-refractivity contribution in [3.8, 4) is 11.8 Å². The van der Waals surface area contributed by atoms with E-state index in [2.05, 4.69) is 4.98 Å². The lowest BCUT2D eigenvalue weighted by atomic mass is 10.1. The zero-order valence-corrected chi connectivity index (χ0v) is 9.70. The topological polar surface area (TPSA) is 65.9 Å². The van der Waals surface area contributed by atoms with Gasteiger partial charge >= 0.3 is 0 Å². The van der Waals surface area contributed by atoms with Gasteiger partial charge in [-0.15, -0.1) is 0 Å². The van der Waals surface area contributed by atoms with Crippen molar-refractivity contribution in [3.63, 3.8) is 0 Å². The van der Waals surface area contributed by atoms with Gasteiger partial charge in [0.15, 0.2) is 5.43 Å². The highest BCUT2D eigenvalue weighted by molar-refractivity contribution is 5.85. The van der Waals surface area contributed by atoms with Gasteiger partial charge in [0.1, 0.15) is 5.75 Å². The van der Waals surface area contributed by atoms with Crippen LogP contribution in [0.25, 0.3) is 10.9 Å². The molecule has 0 fully saturated rings. The molecule has 0 aliphatic rings. The Balaban J connectivity index is 2.87. The molecular weight excluding hydrogens is 216 g/mol. The van der Waals surface area contributed by atoms with Gasteiger partial charge in [-0.1, -0.05) is 6.07 Å². The summed E-state index contributed by atoms with van der Waals surface area (Å²) in [6.07, 6.45) is 0.119. The normalized spacial score (nSPS) is 10.2. The lowest BCUT2D eigenvalue weighted by Gasteiger charge is -2.08. The summed E-state index contributed by atoms with van der Waals surface area (Å²) in [5, 5.41) is 9.27. The molecule has 0 bridgehead atoms. The largest absolute Gasteiger partial charge is 0.495 e. The highest BCUT2D eigenvalue weighted by Crippen LogP contribution is 2.22. The maximum Gasteiger partial charge on any atom is 0.194 e. The summed E-state index contributed by atoms with van der Waals surface area (Å²) in [5.74, 6) is 0.631. The molecule has 1 N–H and O–H groups in total. The maximum atomic E-state index is 12.2. The second-order valence-corrected chi connectivity index (χ2v) is 3.78. The summed E-state index contributed by atoms with van der Waals surface area (Å²) >= 11 is 0. The number of fused-ring (bicyclic) bond motifs is 1. The standard InChI is InChI=1S/C13H12N2O2/c1-8-9(6-7-14)13(16)10-4-3-5-11(17-2)12(10)15-8/h3-5H,6H2,1-2H3,(H,15,16). The molecule has 0 atom stereocenters. The van der Waals surface area contributed by atoms with Crippen LogP contribution in [0, 0.1) is 18.3 Å². The number of hydrogen-bond acceptors (Lipinski definition) is 3. The van der Waals surface area contributed by atoms with Gasteiger partial charge in [-0.3, -0.25) is 4.79 Å². The molecule has 0 saturated heterocycles. The number of H-pyrrole nitrogens is 1. The van der Waals surface area contributed by atoms with E-state index in [0.717, 1.165) is 0 Å². The molecule has 0 spiro atoms. The molecule has 4 heteroatoms. The van der Waals surface area contributed by atoms with Gasteiger partial charge in [-0.25, -0.2) is 0 Å². The van der Waals surface area contributed by atoms with E-state index < -0.39 is 0 Å². The fourth-order valence-electron chi connectivity index (χ4n) is 1.91. The van der Waals surface area contributed by atoms with Crippen molar-refractivity contribution in [2.75, 3.05) is 7.11 Å². The second kappa shape index (κ2) is 4.30.